The van der Waals surface area contributed by atoms with E-state index in [2.05, 4.69) is 16.3 Å². The fourth-order valence-corrected chi connectivity index (χ4v) is 5.16. The highest BCUT2D eigenvalue weighted by Gasteiger charge is 2.17. The number of aromatic nitrogens is 1. The Kier molecular flexibility index (Phi) is 6.34. The van der Waals surface area contributed by atoms with Gasteiger partial charge in [0.25, 0.3) is 0 Å². The molecule has 1 aromatic heterocycles. The van der Waals surface area contributed by atoms with Crippen LogP contribution < -0.4 is 11.1 Å². The van der Waals surface area contributed by atoms with E-state index in [9.17, 15) is 8.42 Å². The second-order valence-corrected chi connectivity index (χ2v) is 9.46. The van der Waals surface area contributed by atoms with E-state index in [1.807, 2.05) is 48.5 Å². The van der Waals surface area contributed by atoms with Crippen molar-refractivity contribution in [2.75, 3.05) is 31.9 Å². The standard InChI is InChI=1S/C23H28N4O2S/c24-17-20-6-2-1-5-19(20)8-4-16-30(28,29)27-13-10-22-21(7-3-9-23(22)27)18-26-14-11-25-12-15-26/h1-10,13,25H,11-12,14-18,24H2. The normalized spacial score (nSPS) is 15.9. The Labute approximate surface area is 178 Å². The number of hydrogen-bond donors (Lipinski definition) is 2. The van der Waals surface area contributed by atoms with Crippen molar-refractivity contribution >= 4 is 27.0 Å². The van der Waals surface area contributed by atoms with Crippen molar-refractivity contribution in [3.63, 3.8) is 0 Å². The third-order valence-electron chi connectivity index (χ3n) is 5.57. The lowest BCUT2D eigenvalue weighted by Gasteiger charge is -2.27. The van der Waals surface area contributed by atoms with Gasteiger partial charge in [0.05, 0.1) is 11.3 Å². The van der Waals surface area contributed by atoms with Crippen LogP contribution in [0.2, 0.25) is 0 Å². The van der Waals surface area contributed by atoms with Gasteiger partial charge in [-0.25, -0.2) is 12.4 Å². The molecule has 4 rings (SSSR count). The van der Waals surface area contributed by atoms with Gasteiger partial charge in [-0.3, -0.25) is 4.90 Å². The number of benzene rings is 2. The summed E-state index contributed by atoms with van der Waals surface area (Å²) in [5.41, 5.74) is 9.61. The molecule has 1 fully saturated rings. The SMILES string of the molecule is NCc1ccccc1C=CCS(=O)(=O)n1ccc2c(CN3CCNCC3)cccc21. The summed E-state index contributed by atoms with van der Waals surface area (Å²) in [5.74, 6) is -0.0717. The summed E-state index contributed by atoms with van der Waals surface area (Å²) in [7, 11) is -3.51. The van der Waals surface area contributed by atoms with Gasteiger partial charge in [-0.05, 0) is 28.8 Å². The van der Waals surface area contributed by atoms with E-state index in [1.54, 1.807) is 12.3 Å². The van der Waals surface area contributed by atoms with E-state index in [4.69, 9.17) is 5.73 Å². The predicted molar refractivity (Wildman–Crippen MR) is 123 cm³/mol. The molecule has 0 spiro atoms. The highest BCUT2D eigenvalue weighted by Crippen LogP contribution is 2.23. The maximum Gasteiger partial charge on any atom is 0.242 e. The van der Waals surface area contributed by atoms with Crippen molar-refractivity contribution in [1.29, 1.82) is 0 Å². The topological polar surface area (TPSA) is 80.4 Å². The van der Waals surface area contributed by atoms with E-state index in [0.29, 0.717) is 6.54 Å². The van der Waals surface area contributed by atoms with E-state index in [1.165, 1.54) is 3.97 Å². The first kappa shape index (κ1) is 20.8. The maximum absolute atomic E-state index is 13.0. The number of nitrogens with zero attached hydrogens (tertiary/aromatic N) is 2. The van der Waals surface area contributed by atoms with Gasteiger partial charge in [-0.15, -0.1) is 0 Å². The smallest absolute Gasteiger partial charge is 0.242 e. The zero-order chi connectivity index (χ0) is 21.0. The summed E-state index contributed by atoms with van der Waals surface area (Å²) in [5, 5.41) is 4.36. The molecule has 0 aliphatic carbocycles. The van der Waals surface area contributed by atoms with E-state index < -0.39 is 10.0 Å². The molecule has 1 aliphatic rings. The lowest BCUT2D eigenvalue weighted by atomic mass is 10.1. The lowest BCUT2D eigenvalue weighted by Crippen LogP contribution is -2.42. The first-order valence-corrected chi connectivity index (χ1v) is 11.9. The molecule has 2 aromatic carbocycles. The van der Waals surface area contributed by atoms with Crippen LogP contribution in [0.3, 0.4) is 0 Å². The van der Waals surface area contributed by atoms with Gasteiger partial charge in [0, 0.05) is 50.9 Å². The average molecular weight is 425 g/mol. The van der Waals surface area contributed by atoms with Gasteiger partial charge in [0.2, 0.25) is 10.0 Å². The number of rotatable bonds is 7. The van der Waals surface area contributed by atoms with E-state index in [0.717, 1.165) is 60.3 Å². The third kappa shape index (κ3) is 4.49. The van der Waals surface area contributed by atoms with Gasteiger partial charge >= 0.3 is 0 Å². The second-order valence-electron chi connectivity index (χ2n) is 7.57. The Bertz CT molecular complexity index is 1140. The lowest BCUT2D eigenvalue weighted by molar-refractivity contribution is 0.234. The van der Waals surface area contributed by atoms with Crippen LogP contribution in [0.4, 0.5) is 0 Å². The average Bonchev–Trinajstić information content (AvgIpc) is 3.21. The van der Waals surface area contributed by atoms with Crippen molar-refractivity contribution in [1.82, 2.24) is 14.2 Å². The quantitative estimate of drug-likeness (QED) is 0.609. The number of piperazine rings is 1. The fourth-order valence-electron chi connectivity index (χ4n) is 3.96. The van der Waals surface area contributed by atoms with Gasteiger partial charge in [0.15, 0.2) is 0 Å². The molecule has 0 bridgehead atoms. The van der Waals surface area contributed by atoms with Gasteiger partial charge < -0.3 is 11.1 Å². The second kappa shape index (κ2) is 9.14. The predicted octanol–water partition coefficient (Wildman–Crippen LogP) is 2.40. The van der Waals surface area contributed by atoms with Crippen molar-refractivity contribution in [2.45, 2.75) is 13.1 Å². The molecule has 6 nitrogen and oxygen atoms in total. The molecular formula is C23H28N4O2S. The molecule has 0 atom stereocenters. The zero-order valence-electron chi connectivity index (χ0n) is 17.0. The van der Waals surface area contributed by atoms with Crippen molar-refractivity contribution < 1.29 is 8.42 Å². The van der Waals surface area contributed by atoms with E-state index >= 15 is 0 Å². The van der Waals surface area contributed by atoms with Crippen LogP contribution in [0.15, 0.2) is 60.8 Å². The fraction of sp³-hybridized carbons (Fsp3) is 0.304. The highest BCUT2D eigenvalue weighted by atomic mass is 32.2. The molecular weight excluding hydrogens is 396 g/mol. The van der Waals surface area contributed by atoms with Crippen LogP contribution in [-0.4, -0.2) is 49.2 Å². The Hall–Kier alpha value is -2.45. The maximum atomic E-state index is 13.0. The Morgan fingerprint density at radius 3 is 2.57 bits per heavy atom. The molecule has 30 heavy (non-hydrogen) atoms. The van der Waals surface area contributed by atoms with E-state index in [-0.39, 0.29) is 5.75 Å². The summed E-state index contributed by atoms with van der Waals surface area (Å²) in [6.45, 7) is 5.25. The molecule has 2 heterocycles. The third-order valence-corrected chi connectivity index (χ3v) is 7.10. The Morgan fingerprint density at radius 2 is 1.77 bits per heavy atom. The summed E-state index contributed by atoms with van der Waals surface area (Å²) in [6.07, 6.45) is 5.20. The van der Waals surface area contributed by atoms with Gasteiger partial charge in [-0.1, -0.05) is 48.6 Å². The molecule has 0 unspecified atom stereocenters. The first-order valence-electron chi connectivity index (χ1n) is 10.3. The van der Waals surface area contributed by atoms with Crippen LogP contribution in [0.25, 0.3) is 17.0 Å². The minimum Gasteiger partial charge on any atom is -0.326 e. The Balaban J connectivity index is 1.56. The van der Waals surface area contributed by atoms with Crippen LogP contribution in [0, 0.1) is 0 Å². The molecule has 3 N–H and O–H groups in total. The molecule has 1 saturated heterocycles. The summed E-state index contributed by atoms with van der Waals surface area (Å²) in [6, 6.07) is 15.6. The van der Waals surface area contributed by atoms with Crippen molar-refractivity contribution in [2.24, 2.45) is 5.73 Å². The number of fused-ring (bicyclic) bond motifs is 1. The molecule has 3 aromatic rings. The van der Waals surface area contributed by atoms with Crippen LogP contribution in [0.1, 0.15) is 16.7 Å². The van der Waals surface area contributed by atoms with Gasteiger partial charge in [-0.2, -0.15) is 0 Å². The highest BCUT2D eigenvalue weighted by molar-refractivity contribution is 7.90. The molecule has 7 heteroatoms. The molecule has 0 amide bonds. The van der Waals surface area contributed by atoms with Crippen LogP contribution >= 0.6 is 0 Å². The van der Waals surface area contributed by atoms with Crippen LogP contribution in [-0.2, 0) is 23.1 Å². The largest absolute Gasteiger partial charge is 0.326 e. The van der Waals surface area contributed by atoms with Crippen LogP contribution in [0.5, 0.6) is 0 Å². The number of hydrogen-bond acceptors (Lipinski definition) is 5. The first-order chi connectivity index (χ1) is 14.6. The monoisotopic (exact) mass is 424 g/mol. The minimum atomic E-state index is -3.51. The zero-order valence-corrected chi connectivity index (χ0v) is 17.8. The minimum absolute atomic E-state index is 0.0717. The number of nitrogens with one attached hydrogen (secondary N) is 1. The number of nitrogens with two attached hydrogens (primary N) is 1. The Morgan fingerprint density at radius 1 is 1.00 bits per heavy atom. The summed E-state index contributed by atoms with van der Waals surface area (Å²) >= 11 is 0. The molecule has 158 valence electrons. The summed E-state index contributed by atoms with van der Waals surface area (Å²) < 4.78 is 27.4. The molecule has 1 aliphatic heterocycles. The van der Waals surface area contributed by atoms with Crippen molar-refractivity contribution in [3.05, 3.63) is 77.5 Å². The molecule has 0 radical (unpaired) electrons. The molecule has 0 saturated carbocycles. The van der Waals surface area contributed by atoms with Crippen molar-refractivity contribution in [3.8, 4) is 0 Å². The summed E-state index contributed by atoms with van der Waals surface area (Å²) in [4.78, 5) is 2.40. The van der Waals surface area contributed by atoms with Gasteiger partial charge in [0.1, 0.15) is 0 Å².